The normalized spacial score (nSPS) is 12.0. The molecular weight excluding hydrogens is 270 g/mol. The van der Waals surface area contributed by atoms with Crippen molar-refractivity contribution >= 4 is 27.3 Å². The van der Waals surface area contributed by atoms with Crippen LogP contribution in [0, 0.1) is 5.41 Å². The molecule has 0 saturated heterocycles. The first-order chi connectivity index (χ1) is 7.05. The van der Waals surface area contributed by atoms with Gasteiger partial charge in [0.15, 0.2) is 0 Å². The third-order valence-corrected chi connectivity index (χ3v) is 4.56. The molecule has 0 aromatic carbocycles. The third kappa shape index (κ3) is 4.66. The van der Waals surface area contributed by atoms with Crippen molar-refractivity contribution in [1.29, 1.82) is 0 Å². The first kappa shape index (κ1) is 13.2. The van der Waals surface area contributed by atoms with Crippen molar-refractivity contribution in [2.24, 2.45) is 5.41 Å². The SMILES string of the molecule is CCNCC(C)(C)CCc1sccc1Br. The van der Waals surface area contributed by atoms with Gasteiger partial charge in [-0.15, -0.1) is 11.3 Å². The Morgan fingerprint density at radius 1 is 1.47 bits per heavy atom. The lowest BCUT2D eigenvalue weighted by Gasteiger charge is -2.24. The monoisotopic (exact) mass is 289 g/mol. The summed E-state index contributed by atoms with van der Waals surface area (Å²) in [6.07, 6.45) is 2.41. The van der Waals surface area contributed by atoms with E-state index in [1.165, 1.54) is 22.2 Å². The second-order valence-corrected chi connectivity index (χ2v) is 6.49. The fourth-order valence-corrected chi connectivity index (χ4v) is 3.06. The molecule has 1 rings (SSSR count). The first-order valence-corrected chi connectivity index (χ1v) is 7.15. The van der Waals surface area contributed by atoms with Crippen LogP contribution in [0.2, 0.25) is 0 Å². The average molecular weight is 290 g/mol. The molecule has 0 aliphatic heterocycles. The van der Waals surface area contributed by atoms with Gasteiger partial charge < -0.3 is 5.32 Å². The molecule has 0 aliphatic carbocycles. The lowest BCUT2D eigenvalue weighted by molar-refractivity contribution is 0.318. The molecule has 1 aromatic heterocycles. The predicted molar refractivity (Wildman–Crippen MR) is 72.7 cm³/mol. The fraction of sp³-hybridized carbons (Fsp3) is 0.667. The van der Waals surface area contributed by atoms with Gasteiger partial charge in [0.05, 0.1) is 0 Å². The van der Waals surface area contributed by atoms with Crippen molar-refractivity contribution in [1.82, 2.24) is 5.32 Å². The molecule has 1 aromatic rings. The molecule has 0 unspecified atom stereocenters. The van der Waals surface area contributed by atoms with Crippen LogP contribution in [-0.4, -0.2) is 13.1 Å². The lowest BCUT2D eigenvalue weighted by Crippen LogP contribution is -2.29. The van der Waals surface area contributed by atoms with Gasteiger partial charge in [0.2, 0.25) is 0 Å². The maximum Gasteiger partial charge on any atom is 0.0314 e. The molecule has 0 saturated carbocycles. The van der Waals surface area contributed by atoms with E-state index in [-0.39, 0.29) is 0 Å². The Hall–Kier alpha value is 0.140. The Labute approximate surface area is 105 Å². The fourth-order valence-electron chi connectivity index (χ4n) is 1.51. The van der Waals surface area contributed by atoms with E-state index >= 15 is 0 Å². The van der Waals surface area contributed by atoms with E-state index in [4.69, 9.17) is 0 Å². The van der Waals surface area contributed by atoms with Gasteiger partial charge in [-0.3, -0.25) is 0 Å². The molecule has 0 bridgehead atoms. The highest BCUT2D eigenvalue weighted by Gasteiger charge is 2.17. The van der Waals surface area contributed by atoms with Gasteiger partial charge >= 0.3 is 0 Å². The minimum absolute atomic E-state index is 0.388. The number of hydrogen-bond donors (Lipinski definition) is 1. The minimum atomic E-state index is 0.388. The van der Waals surface area contributed by atoms with Crippen LogP contribution < -0.4 is 5.32 Å². The van der Waals surface area contributed by atoms with E-state index in [0.717, 1.165) is 13.1 Å². The minimum Gasteiger partial charge on any atom is -0.316 e. The number of rotatable bonds is 6. The van der Waals surface area contributed by atoms with Crippen molar-refractivity contribution in [2.45, 2.75) is 33.6 Å². The summed E-state index contributed by atoms with van der Waals surface area (Å²) in [5.41, 5.74) is 0.388. The number of aryl methyl sites for hydroxylation is 1. The molecule has 0 radical (unpaired) electrons. The van der Waals surface area contributed by atoms with Crippen LogP contribution in [-0.2, 0) is 6.42 Å². The van der Waals surface area contributed by atoms with E-state index in [0.29, 0.717) is 5.41 Å². The van der Waals surface area contributed by atoms with Crippen LogP contribution in [0.4, 0.5) is 0 Å². The van der Waals surface area contributed by atoms with Gasteiger partial charge in [-0.05, 0) is 52.2 Å². The van der Waals surface area contributed by atoms with Crippen LogP contribution in [0.5, 0.6) is 0 Å². The Morgan fingerprint density at radius 3 is 2.73 bits per heavy atom. The Bertz CT molecular complexity index is 294. The molecule has 1 N–H and O–H groups in total. The molecular formula is C12H20BrNS. The van der Waals surface area contributed by atoms with Crippen LogP contribution >= 0.6 is 27.3 Å². The Balaban J connectivity index is 2.39. The van der Waals surface area contributed by atoms with Crippen molar-refractivity contribution in [2.75, 3.05) is 13.1 Å². The quantitative estimate of drug-likeness (QED) is 0.832. The lowest BCUT2D eigenvalue weighted by atomic mass is 9.87. The highest BCUT2D eigenvalue weighted by molar-refractivity contribution is 9.10. The van der Waals surface area contributed by atoms with Gasteiger partial charge in [-0.25, -0.2) is 0 Å². The van der Waals surface area contributed by atoms with E-state index in [2.05, 4.69) is 53.5 Å². The summed E-state index contributed by atoms with van der Waals surface area (Å²) in [5.74, 6) is 0. The molecule has 1 nitrogen and oxygen atoms in total. The largest absolute Gasteiger partial charge is 0.316 e. The Kier molecular flexibility index (Phi) is 5.30. The maximum atomic E-state index is 3.58. The van der Waals surface area contributed by atoms with Crippen LogP contribution in [0.1, 0.15) is 32.1 Å². The van der Waals surface area contributed by atoms with Crippen molar-refractivity contribution in [3.05, 3.63) is 20.8 Å². The summed E-state index contributed by atoms with van der Waals surface area (Å²) >= 11 is 5.43. The number of thiophene rings is 1. The van der Waals surface area contributed by atoms with Gasteiger partial charge in [-0.2, -0.15) is 0 Å². The van der Waals surface area contributed by atoms with Gasteiger partial charge in [0, 0.05) is 15.9 Å². The Morgan fingerprint density at radius 2 is 2.20 bits per heavy atom. The summed E-state index contributed by atoms with van der Waals surface area (Å²) in [4.78, 5) is 1.47. The molecule has 0 amide bonds. The van der Waals surface area contributed by atoms with Crippen LogP contribution in [0.25, 0.3) is 0 Å². The smallest absolute Gasteiger partial charge is 0.0314 e. The molecule has 0 atom stereocenters. The zero-order chi connectivity index (χ0) is 11.3. The highest BCUT2D eigenvalue weighted by Crippen LogP contribution is 2.28. The zero-order valence-corrected chi connectivity index (χ0v) is 12.2. The van der Waals surface area contributed by atoms with E-state index in [9.17, 15) is 0 Å². The molecule has 15 heavy (non-hydrogen) atoms. The summed E-state index contributed by atoms with van der Waals surface area (Å²) in [7, 11) is 0. The predicted octanol–water partition coefficient (Wildman–Crippen LogP) is 4.08. The van der Waals surface area contributed by atoms with Crippen LogP contribution in [0.15, 0.2) is 15.9 Å². The summed E-state index contributed by atoms with van der Waals surface area (Å²) < 4.78 is 1.27. The zero-order valence-electron chi connectivity index (χ0n) is 9.77. The molecule has 0 aliphatic rings. The van der Waals surface area contributed by atoms with Gasteiger partial charge in [0.1, 0.15) is 0 Å². The van der Waals surface area contributed by atoms with Crippen molar-refractivity contribution in [3.8, 4) is 0 Å². The molecule has 0 fully saturated rings. The molecule has 3 heteroatoms. The highest BCUT2D eigenvalue weighted by atomic mass is 79.9. The second-order valence-electron chi connectivity index (χ2n) is 4.64. The van der Waals surface area contributed by atoms with E-state index in [1.54, 1.807) is 0 Å². The van der Waals surface area contributed by atoms with Crippen molar-refractivity contribution < 1.29 is 0 Å². The number of nitrogens with one attached hydrogen (secondary N) is 1. The van der Waals surface area contributed by atoms with Crippen LogP contribution in [0.3, 0.4) is 0 Å². The first-order valence-electron chi connectivity index (χ1n) is 5.48. The van der Waals surface area contributed by atoms with E-state index < -0.39 is 0 Å². The summed E-state index contributed by atoms with van der Waals surface area (Å²) in [5, 5.41) is 5.57. The standard InChI is InChI=1S/C12H20BrNS/c1-4-14-9-12(2,3)7-5-11-10(13)6-8-15-11/h6,8,14H,4-5,7,9H2,1-3H3. The third-order valence-electron chi connectivity index (χ3n) is 2.57. The number of hydrogen-bond acceptors (Lipinski definition) is 2. The average Bonchev–Trinajstić information content (AvgIpc) is 2.58. The summed E-state index contributed by atoms with van der Waals surface area (Å²) in [6.45, 7) is 8.99. The number of halogens is 1. The van der Waals surface area contributed by atoms with Crippen molar-refractivity contribution in [3.63, 3.8) is 0 Å². The molecule has 0 spiro atoms. The van der Waals surface area contributed by atoms with E-state index in [1.807, 2.05) is 11.3 Å². The molecule has 86 valence electrons. The topological polar surface area (TPSA) is 12.0 Å². The van der Waals surface area contributed by atoms with Gasteiger partial charge in [0.25, 0.3) is 0 Å². The molecule has 1 heterocycles. The van der Waals surface area contributed by atoms with Gasteiger partial charge in [-0.1, -0.05) is 20.8 Å². The second kappa shape index (κ2) is 6.02. The maximum absolute atomic E-state index is 3.58. The summed E-state index contributed by atoms with van der Waals surface area (Å²) in [6, 6.07) is 2.14.